The van der Waals surface area contributed by atoms with Crippen LogP contribution in [0.15, 0.2) is 16.6 Å². The molecule has 1 fully saturated rings. The minimum atomic E-state index is -1.76. The highest BCUT2D eigenvalue weighted by Crippen LogP contribution is 2.37. The molecule has 0 spiro atoms. The first kappa shape index (κ1) is 19.7. The van der Waals surface area contributed by atoms with Crippen LogP contribution in [0.3, 0.4) is 0 Å². The quantitative estimate of drug-likeness (QED) is 0.565. The van der Waals surface area contributed by atoms with E-state index in [1.165, 1.54) is 7.11 Å². The zero-order chi connectivity index (χ0) is 18.5. The summed E-state index contributed by atoms with van der Waals surface area (Å²) in [6.45, 7) is 14.9. The normalized spacial score (nSPS) is 19.5. The molecule has 0 unspecified atom stereocenters. The lowest BCUT2D eigenvalue weighted by molar-refractivity contribution is 0.00578. The van der Waals surface area contributed by atoms with Crippen LogP contribution in [0.4, 0.5) is 0 Å². The fourth-order valence-corrected chi connectivity index (χ4v) is 5.15. The lowest BCUT2D eigenvalue weighted by Gasteiger charge is -2.32. The van der Waals surface area contributed by atoms with E-state index in [1.54, 1.807) is 6.07 Å². The second-order valence-electron chi connectivity index (χ2n) is 8.25. The van der Waals surface area contributed by atoms with Crippen molar-refractivity contribution in [1.29, 1.82) is 0 Å². The van der Waals surface area contributed by atoms with E-state index in [-0.39, 0.29) is 5.97 Å². The summed E-state index contributed by atoms with van der Waals surface area (Å²) in [4.78, 5) is 12.0. The molecule has 7 heteroatoms. The van der Waals surface area contributed by atoms with Gasteiger partial charge in [-0.25, -0.2) is 4.79 Å². The molecule has 0 amide bonds. The summed E-state index contributed by atoms with van der Waals surface area (Å²) in [5.74, 6) is -0.337. The zero-order valence-electron chi connectivity index (χ0n) is 15.7. The molecule has 0 saturated carbocycles. The smallest absolute Gasteiger partial charge is 0.465 e. The number of benzene rings is 1. The van der Waals surface area contributed by atoms with Crippen LogP contribution in [0.2, 0.25) is 19.6 Å². The van der Waals surface area contributed by atoms with Crippen LogP contribution in [0.5, 0.6) is 0 Å². The summed E-state index contributed by atoms with van der Waals surface area (Å²) < 4.78 is 18.2. The third kappa shape index (κ3) is 3.50. The first-order valence-electron chi connectivity index (χ1n) is 8.08. The number of rotatable bonds is 3. The topological polar surface area (TPSA) is 44.8 Å². The fraction of sp³-hybridized carbons (Fsp3) is 0.588. The molecule has 1 aromatic carbocycles. The van der Waals surface area contributed by atoms with Gasteiger partial charge in [-0.15, -0.1) is 0 Å². The van der Waals surface area contributed by atoms with E-state index in [0.29, 0.717) is 5.56 Å². The Morgan fingerprint density at radius 2 is 1.62 bits per heavy atom. The van der Waals surface area contributed by atoms with E-state index in [2.05, 4.69) is 35.6 Å². The van der Waals surface area contributed by atoms with Gasteiger partial charge in [0.2, 0.25) is 0 Å². The van der Waals surface area contributed by atoms with Crippen molar-refractivity contribution in [1.82, 2.24) is 0 Å². The van der Waals surface area contributed by atoms with Gasteiger partial charge in [0.1, 0.15) is 0 Å². The van der Waals surface area contributed by atoms with Crippen LogP contribution < -0.4 is 10.6 Å². The zero-order valence-corrected chi connectivity index (χ0v) is 18.3. The van der Waals surface area contributed by atoms with Gasteiger partial charge in [0, 0.05) is 4.47 Å². The van der Waals surface area contributed by atoms with Crippen molar-refractivity contribution in [2.75, 3.05) is 7.11 Å². The molecule has 1 aliphatic rings. The minimum Gasteiger partial charge on any atom is -0.465 e. The van der Waals surface area contributed by atoms with Gasteiger partial charge in [-0.2, -0.15) is 0 Å². The van der Waals surface area contributed by atoms with Gasteiger partial charge in [-0.05, 0) is 45.3 Å². The Hall–Kier alpha value is -0.628. The number of halogens is 1. The third-order valence-electron chi connectivity index (χ3n) is 4.85. The number of hydrogen-bond donors (Lipinski definition) is 0. The highest BCUT2D eigenvalue weighted by Gasteiger charge is 2.53. The molecule has 1 heterocycles. The van der Waals surface area contributed by atoms with Crippen LogP contribution >= 0.6 is 15.9 Å². The molecular weight excluding hydrogens is 387 g/mol. The van der Waals surface area contributed by atoms with Crippen LogP contribution in [-0.4, -0.2) is 39.5 Å². The average Bonchev–Trinajstić information content (AvgIpc) is 2.64. The number of hydrogen-bond acceptors (Lipinski definition) is 4. The molecule has 0 N–H and O–H groups in total. The maximum Gasteiger partial charge on any atom is 0.495 e. The minimum absolute atomic E-state index is 0.337. The Balaban J connectivity index is 2.61. The van der Waals surface area contributed by atoms with Gasteiger partial charge >= 0.3 is 13.1 Å². The molecule has 0 radical (unpaired) electrons. The summed E-state index contributed by atoms with van der Waals surface area (Å²) in [5.41, 5.74) is 0.714. The Morgan fingerprint density at radius 1 is 1.12 bits per heavy atom. The van der Waals surface area contributed by atoms with Gasteiger partial charge < -0.3 is 14.0 Å². The average molecular weight is 413 g/mol. The van der Waals surface area contributed by atoms with Crippen molar-refractivity contribution in [2.45, 2.75) is 58.5 Å². The van der Waals surface area contributed by atoms with E-state index in [0.717, 1.165) is 15.1 Å². The van der Waals surface area contributed by atoms with Gasteiger partial charge in [0.05, 0.1) is 31.9 Å². The van der Waals surface area contributed by atoms with Crippen LogP contribution in [0.1, 0.15) is 38.1 Å². The second kappa shape index (κ2) is 6.27. The van der Waals surface area contributed by atoms with Gasteiger partial charge in [0.25, 0.3) is 0 Å². The molecule has 1 saturated heterocycles. The summed E-state index contributed by atoms with van der Waals surface area (Å²) >= 11 is 3.63. The molecule has 0 aromatic heterocycles. The van der Waals surface area contributed by atoms with Crippen molar-refractivity contribution in [2.24, 2.45) is 0 Å². The lowest BCUT2D eigenvalue weighted by atomic mass is 9.78. The summed E-state index contributed by atoms with van der Waals surface area (Å²) in [6, 6.07) is 3.72. The molecule has 0 atom stereocenters. The molecule has 2 rings (SSSR count). The number of carbonyl (C=O) groups is 1. The summed E-state index contributed by atoms with van der Waals surface area (Å²) in [5, 5.41) is 1.13. The Kier molecular flexibility index (Phi) is 5.14. The molecule has 132 valence electrons. The highest BCUT2D eigenvalue weighted by atomic mass is 79.9. The maximum absolute atomic E-state index is 12.0. The predicted octanol–water partition coefficient (Wildman–Crippen LogP) is 3.08. The van der Waals surface area contributed by atoms with E-state index >= 15 is 0 Å². The molecule has 24 heavy (non-hydrogen) atoms. The SMILES string of the molecule is COC(=O)c1cc(Br)c(B2OC(C)(C)C(C)(C)O2)c([Si](C)(C)C)c1. The van der Waals surface area contributed by atoms with Crippen molar-refractivity contribution in [3.63, 3.8) is 0 Å². The lowest BCUT2D eigenvalue weighted by Crippen LogP contribution is -2.55. The van der Waals surface area contributed by atoms with E-state index in [9.17, 15) is 4.79 Å². The van der Waals surface area contributed by atoms with Crippen molar-refractivity contribution < 1.29 is 18.8 Å². The highest BCUT2D eigenvalue weighted by molar-refractivity contribution is 9.10. The number of esters is 1. The Bertz CT molecular complexity index is 651. The monoisotopic (exact) mass is 412 g/mol. The first-order chi connectivity index (χ1) is 10.8. The number of methoxy groups -OCH3 is 1. The molecule has 1 aliphatic heterocycles. The fourth-order valence-electron chi connectivity index (χ4n) is 2.67. The molecular formula is C17H26BBrO4Si. The standard InChI is InChI=1S/C17H26BBrO4Si/c1-16(2)17(3,4)23-18(22-16)14-12(19)9-11(15(20)21-5)10-13(14)24(6,7)8/h9-10H,1-8H3. The van der Waals surface area contributed by atoms with Crippen LogP contribution in [0, 0.1) is 0 Å². The molecule has 0 aliphatic carbocycles. The van der Waals surface area contributed by atoms with Gasteiger partial charge in [-0.3, -0.25) is 0 Å². The molecule has 1 aromatic rings. The second-order valence-corrected chi connectivity index (χ2v) is 14.1. The van der Waals surface area contributed by atoms with E-state index in [1.807, 2.05) is 33.8 Å². The van der Waals surface area contributed by atoms with E-state index < -0.39 is 26.4 Å². The Morgan fingerprint density at radius 3 is 2.04 bits per heavy atom. The van der Waals surface area contributed by atoms with Crippen molar-refractivity contribution >= 4 is 47.7 Å². The number of carbonyl (C=O) groups excluding carboxylic acids is 1. The van der Waals surface area contributed by atoms with Crippen molar-refractivity contribution in [3.05, 3.63) is 22.2 Å². The third-order valence-corrected chi connectivity index (χ3v) is 7.53. The largest absolute Gasteiger partial charge is 0.495 e. The first-order valence-corrected chi connectivity index (χ1v) is 12.4. The van der Waals surface area contributed by atoms with Crippen molar-refractivity contribution in [3.8, 4) is 0 Å². The molecule has 4 nitrogen and oxygen atoms in total. The van der Waals surface area contributed by atoms with Gasteiger partial charge in [-0.1, -0.05) is 40.8 Å². The summed E-state index contributed by atoms with van der Waals surface area (Å²) in [7, 11) is -0.822. The van der Waals surface area contributed by atoms with E-state index in [4.69, 9.17) is 14.0 Å². The molecule has 0 bridgehead atoms. The maximum atomic E-state index is 12.0. The van der Waals surface area contributed by atoms with Crippen LogP contribution in [0.25, 0.3) is 0 Å². The van der Waals surface area contributed by atoms with Crippen LogP contribution in [-0.2, 0) is 14.0 Å². The summed E-state index contributed by atoms with van der Waals surface area (Å²) in [6.07, 6.45) is 0. The number of ether oxygens (including phenoxy) is 1. The van der Waals surface area contributed by atoms with Gasteiger partial charge in [0.15, 0.2) is 0 Å². The Labute approximate surface area is 154 Å². The predicted molar refractivity (Wildman–Crippen MR) is 104 cm³/mol.